The van der Waals surface area contributed by atoms with Crippen molar-refractivity contribution in [1.82, 2.24) is 14.8 Å². The van der Waals surface area contributed by atoms with Gasteiger partial charge in [0, 0.05) is 31.5 Å². The number of para-hydroxylation sites is 1. The average Bonchev–Trinajstić information content (AvgIpc) is 3.16. The number of aromatic nitrogens is 1. The summed E-state index contributed by atoms with van der Waals surface area (Å²) in [4.78, 5) is 14.8. The Morgan fingerprint density at radius 1 is 1.36 bits per heavy atom. The van der Waals surface area contributed by atoms with Crippen LogP contribution in [0.25, 0.3) is 0 Å². The maximum atomic E-state index is 12.8. The first-order valence-electron chi connectivity index (χ1n) is 9.60. The molecule has 2 N–H and O–H groups in total. The van der Waals surface area contributed by atoms with E-state index in [0.29, 0.717) is 30.2 Å². The van der Waals surface area contributed by atoms with Crippen molar-refractivity contribution in [3.8, 4) is 0 Å². The van der Waals surface area contributed by atoms with E-state index in [2.05, 4.69) is 15.2 Å². The lowest BCUT2D eigenvalue weighted by atomic mass is 9.94. The van der Waals surface area contributed by atoms with Gasteiger partial charge in [-0.05, 0) is 31.4 Å². The van der Waals surface area contributed by atoms with Crippen LogP contribution in [0.5, 0.6) is 0 Å². The van der Waals surface area contributed by atoms with E-state index in [-0.39, 0.29) is 16.7 Å². The Morgan fingerprint density at radius 3 is 3.00 bits per heavy atom. The van der Waals surface area contributed by atoms with Crippen LogP contribution in [0.3, 0.4) is 0 Å². The van der Waals surface area contributed by atoms with E-state index in [1.54, 1.807) is 35.2 Å². The van der Waals surface area contributed by atoms with E-state index < -0.39 is 16.2 Å². The number of nitrogens with one attached hydrogen (secondary N) is 2. The van der Waals surface area contributed by atoms with Gasteiger partial charge in [-0.15, -0.1) is 0 Å². The van der Waals surface area contributed by atoms with Crippen LogP contribution in [-0.2, 0) is 16.4 Å². The van der Waals surface area contributed by atoms with Crippen molar-refractivity contribution in [2.45, 2.75) is 43.7 Å². The lowest BCUT2D eigenvalue weighted by Gasteiger charge is -2.39. The molecule has 150 valence electrons. The quantitative estimate of drug-likeness (QED) is 0.810. The van der Waals surface area contributed by atoms with Crippen molar-refractivity contribution in [3.05, 3.63) is 41.8 Å². The van der Waals surface area contributed by atoms with E-state index in [0.717, 1.165) is 25.7 Å². The third kappa shape index (κ3) is 3.64. The largest absolute Gasteiger partial charge is 0.368 e. The first-order chi connectivity index (χ1) is 13.5. The summed E-state index contributed by atoms with van der Waals surface area (Å²) in [6.07, 6.45) is 2.84. The monoisotopic (exact) mass is 404 g/mol. The molecule has 2 aliphatic heterocycles. The highest BCUT2D eigenvalue weighted by atomic mass is 32.2. The molecule has 28 heavy (non-hydrogen) atoms. The number of likely N-dealkylation sites (tertiary alicyclic amines) is 1. The Bertz CT molecular complexity index is 972. The standard InChI is InChI=1S/C19H24N4O4S/c1-2-6-14-11-16(21-27-14)19(24)23-10-5-7-13(12-23)18-20-15-8-3-4-9-17(15)28(25,26)22-18/h3-4,8-9,11,13,18,20,22H,2,5-7,10,12H2,1H3/t13-,18+/m1/s1. The van der Waals surface area contributed by atoms with Crippen LogP contribution >= 0.6 is 0 Å². The number of nitrogens with zero attached hydrogens (tertiary/aromatic N) is 2. The molecule has 0 aliphatic carbocycles. The minimum Gasteiger partial charge on any atom is -0.368 e. The molecule has 0 bridgehead atoms. The molecule has 1 saturated heterocycles. The minimum atomic E-state index is -3.58. The molecule has 2 atom stereocenters. The number of amides is 1. The van der Waals surface area contributed by atoms with Gasteiger partial charge < -0.3 is 14.7 Å². The lowest BCUT2D eigenvalue weighted by molar-refractivity contribution is 0.0648. The van der Waals surface area contributed by atoms with Gasteiger partial charge in [0.15, 0.2) is 5.69 Å². The Kier molecular flexibility index (Phi) is 5.11. The van der Waals surface area contributed by atoms with Crippen molar-refractivity contribution in [2.75, 3.05) is 18.4 Å². The van der Waals surface area contributed by atoms with Gasteiger partial charge in [-0.3, -0.25) is 4.79 Å². The van der Waals surface area contributed by atoms with Crippen LogP contribution < -0.4 is 10.0 Å². The lowest BCUT2D eigenvalue weighted by Crippen LogP contribution is -2.54. The predicted octanol–water partition coefficient (Wildman–Crippen LogP) is 2.21. The fourth-order valence-electron chi connectivity index (χ4n) is 3.87. The molecular formula is C19H24N4O4S. The summed E-state index contributed by atoms with van der Waals surface area (Å²) in [7, 11) is -3.58. The summed E-state index contributed by atoms with van der Waals surface area (Å²) in [6, 6.07) is 8.55. The molecule has 1 fully saturated rings. The molecule has 8 nitrogen and oxygen atoms in total. The Labute approximate surface area is 164 Å². The third-order valence-electron chi connectivity index (χ3n) is 5.26. The summed E-state index contributed by atoms with van der Waals surface area (Å²) in [5, 5.41) is 7.19. The highest BCUT2D eigenvalue weighted by Gasteiger charge is 2.37. The van der Waals surface area contributed by atoms with Gasteiger partial charge in [0.2, 0.25) is 10.0 Å². The molecule has 2 aromatic rings. The third-order valence-corrected chi connectivity index (χ3v) is 6.76. The Hall–Kier alpha value is -2.39. The molecule has 1 aromatic heterocycles. The second-order valence-electron chi connectivity index (χ2n) is 7.32. The molecule has 3 heterocycles. The summed E-state index contributed by atoms with van der Waals surface area (Å²) < 4.78 is 33.1. The number of rotatable bonds is 4. The van der Waals surface area contributed by atoms with Gasteiger partial charge in [-0.1, -0.05) is 24.2 Å². The summed E-state index contributed by atoms with van der Waals surface area (Å²) in [6.45, 7) is 3.12. The van der Waals surface area contributed by atoms with Crippen LogP contribution in [0.15, 0.2) is 39.8 Å². The summed E-state index contributed by atoms with van der Waals surface area (Å²) in [5.74, 6) is 0.496. The van der Waals surface area contributed by atoms with E-state index in [4.69, 9.17) is 4.52 Å². The van der Waals surface area contributed by atoms with Crippen LogP contribution in [0.4, 0.5) is 5.69 Å². The predicted molar refractivity (Wildman–Crippen MR) is 103 cm³/mol. The molecule has 0 unspecified atom stereocenters. The zero-order valence-corrected chi connectivity index (χ0v) is 16.5. The number of benzene rings is 1. The fourth-order valence-corrected chi connectivity index (χ4v) is 5.26. The van der Waals surface area contributed by atoms with E-state index in [1.165, 1.54) is 0 Å². The first kappa shape index (κ1) is 18.9. The van der Waals surface area contributed by atoms with Gasteiger partial charge in [-0.25, -0.2) is 8.42 Å². The van der Waals surface area contributed by atoms with Crippen LogP contribution in [0, 0.1) is 5.92 Å². The van der Waals surface area contributed by atoms with Crippen molar-refractivity contribution < 1.29 is 17.7 Å². The summed E-state index contributed by atoms with van der Waals surface area (Å²) in [5.41, 5.74) is 0.905. The molecule has 0 spiro atoms. The maximum Gasteiger partial charge on any atom is 0.276 e. The van der Waals surface area contributed by atoms with Crippen molar-refractivity contribution in [3.63, 3.8) is 0 Å². The van der Waals surface area contributed by atoms with Crippen molar-refractivity contribution >= 4 is 21.6 Å². The number of carbonyl (C=O) groups is 1. The highest BCUT2D eigenvalue weighted by Crippen LogP contribution is 2.30. The molecule has 2 aliphatic rings. The number of piperidine rings is 1. The van der Waals surface area contributed by atoms with Gasteiger partial charge in [-0.2, -0.15) is 4.72 Å². The van der Waals surface area contributed by atoms with Crippen LogP contribution in [-0.4, -0.2) is 43.6 Å². The number of anilines is 1. The number of sulfonamides is 1. The number of hydrogen-bond donors (Lipinski definition) is 2. The zero-order valence-electron chi connectivity index (χ0n) is 15.7. The molecule has 0 radical (unpaired) electrons. The van der Waals surface area contributed by atoms with Crippen molar-refractivity contribution in [1.29, 1.82) is 0 Å². The number of aryl methyl sites for hydroxylation is 1. The highest BCUT2D eigenvalue weighted by molar-refractivity contribution is 7.89. The SMILES string of the molecule is CCCc1cc(C(=O)N2CCC[C@@H]([C@H]3Nc4ccccc4S(=O)(=O)N3)C2)no1. The van der Waals surface area contributed by atoms with Crippen LogP contribution in [0.1, 0.15) is 42.4 Å². The molecule has 4 rings (SSSR count). The number of carbonyl (C=O) groups excluding carboxylic acids is 1. The van der Waals surface area contributed by atoms with Crippen LogP contribution in [0.2, 0.25) is 0 Å². The van der Waals surface area contributed by atoms with E-state index >= 15 is 0 Å². The maximum absolute atomic E-state index is 12.8. The Balaban J connectivity index is 1.49. The first-order valence-corrected chi connectivity index (χ1v) is 11.1. The van der Waals surface area contributed by atoms with E-state index in [9.17, 15) is 13.2 Å². The molecule has 1 aromatic carbocycles. The van der Waals surface area contributed by atoms with Crippen molar-refractivity contribution in [2.24, 2.45) is 5.92 Å². The fraction of sp³-hybridized carbons (Fsp3) is 0.474. The van der Waals surface area contributed by atoms with E-state index in [1.807, 2.05) is 6.92 Å². The average molecular weight is 404 g/mol. The number of hydrogen-bond acceptors (Lipinski definition) is 6. The van der Waals surface area contributed by atoms with Gasteiger partial charge in [0.1, 0.15) is 10.7 Å². The Morgan fingerprint density at radius 2 is 2.18 bits per heavy atom. The molecular weight excluding hydrogens is 380 g/mol. The molecule has 1 amide bonds. The molecule has 0 saturated carbocycles. The smallest absolute Gasteiger partial charge is 0.276 e. The second kappa shape index (κ2) is 7.56. The minimum absolute atomic E-state index is 0.0390. The molecule has 9 heteroatoms. The normalized spacial score (nSPS) is 23.7. The van der Waals surface area contributed by atoms with Gasteiger partial charge in [0.25, 0.3) is 5.91 Å². The topological polar surface area (TPSA) is 105 Å². The summed E-state index contributed by atoms with van der Waals surface area (Å²) >= 11 is 0. The second-order valence-corrected chi connectivity index (χ2v) is 9.00. The zero-order chi connectivity index (χ0) is 19.7. The number of fused-ring (bicyclic) bond motifs is 1. The van der Waals surface area contributed by atoms with Gasteiger partial charge in [0.05, 0.1) is 11.9 Å². The van der Waals surface area contributed by atoms with Gasteiger partial charge >= 0.3 is 0 Å².